The second-order valence-corrected chi connectivity index (χ2v) is 3.27. The van der Waals surface area contributed by atoms with Crippen LogP contribution < -0.4 is 0 Å². The number of hydrogen-bond acceptors (Lipinski definition) is 12. The summed E-state index contributed by atoms with van der Waals surface area (Å²) in [7, 11) is 0. The lowest BCUT2D eigenvalue weighted by molar-refractivity contribution is -0.306. The maximum absolute atomic E-state index is 11.4. The highest BCUT2D eigenvalue weighted by Crippen LogP contribution is 2.15. The van der Waals surface area contributed by atoms with Gasteiger partial charge in [0, 0.05) is 6.92 Å². The average Bonchev–Trinajstić information content (AvgIpc) is 2.40. The Morgan fingerprint density at radius 3 is 2.05 bits per heavy atom. The number of carbonyl (C=O) groups is 5. The first-order valence-electron chi connectivity index (χ1n) is 4.99. The molecule has 2 unspecified atom stereocenters. The minimum Gasteiger partial charge on any atom is -0.419 e. The molecule has 12 heteroatoms. The summed E-state index contributed by atoms with van der Waals surface area (Å²) < 4.78 is 4.13. The highest BCUT2D eigenvalue weighted by atomic mass is 17.2. The standard InChI is InChI=1S/C9H10O12/c1-4(11)9(16,18-5(2)12)8(15)21-20-7(14)6(13)19-17-3-10/h3-4,11,16H,1-2H3. The maximum Gasteiger partial charge on any atom is 0.467 e. The van der Waals surface area contributed by atoms with E-state index in [1.165, 1.54) is 0 Å². The fraction of sp³-hybridized carbons (Fsp3) is 0.444. The molecule has 2 atom stereocenters. The van der Waals surface area contributed by atoms with E-state index in [1.807, 2.05) is 0 Å². The molecule has 12 nitrogen and oxygen atoms in total. The molecule has 0 aliphatic rings. The van der Waals surface area contributed by atoms with Crippen LogP contribution in [0.3, 0.4) is 0 Å². The number of aliphatic hydroxyl groups excluding tert-OH is 1. The highest BCUT2D eigenvalue weighted by molar-refractivity contribution is 6.29. The van der Waals surface area contributed by atoms with Crippen molar-refractivity contribution in [1.29, 1.82) is 0 Å². The smallest absolute Gasteiger partial charge is 0.419 e. The third-order valence-corrected chi connectivity index (χ3v) is 1.68. The molecule has 0 aliphatic heterocycles. The van der Waals surface area contributed by atoms with E-state index in [2.05, 4.69) is 24.3 Å². The fourth-order valence-corrected chi connectivity index (χ4v) is 0.783. The zero-order valence-electron chi connectivity index (χ0n) is 10.6. The van der Waals surface area contributed by atoms with Gasteiger partial charge in [-0.2, -0.15) is 0 Å². The van der Waals surface area contributed by atoms with Crippen molar-refractivity contribution in [3.8, 4) is 0 Å². The normalized spacial score (nSPS) is 13.9. The van der Waals surface area contributed by atoms with Crippen molar-refractivity contribution in [3.63, 3.8) is 0 Å². The Morgan fingerprint density at radius 1 is 1.10 bits per heavy atom. The predicted octanol–water partition coefficient (Wildman–Crippen LogP) is -2.75. The lowest BCUT2D eigenvalue weighted by Gasteiger charge is -2.25. The van der Waals surface area contributed by atoms with E-state index in [-0.39, 0.29) is 6.47 Å². The SMILES string of the molecule is CC(=O)OC(O)(C(=O)OOC(=O)C(=O)OOC=O)C(C)O. The van der Waals surface area contributed by atoms with Gasteiger partial charge in [0.25, 0.3) is 0 Å². The van der Waals surface area contributed by atoms with Crippen LogP contribution in [-0.4, -0.2) is 52.5 Å². The summed E-state index contributed by atoms with van der Waals surface area (Å²) >= 11 is 0. The summed E-state index contributed by atoms with van der Waals surface area (Å²) in [4.78, 5) is 67.6. The van der Waals surface area contributed by atoms with Gasteiger partial charge in [-0.3, -0.25) is 14.5 Å². The van der Waals surface area contributed by atoms with Gasteiger partial charge < -0.3 is 14.9 Å². The Bertz CT molecular complexity index is 440. The first kappa shape index (κ1) is 18.3. The van der Waals surface area contributed by atoms with Crippen LogP contribution >= 0.6 is 0 Å². The third-order valence-electron chi connectivity index (χ3n) is 1.68. The number of esters is 1. The van der Waals surface area contributed by atoms with Crippen LogP contribution in [0.25, 0.3) is 0 Å². The molecule has 21 heavy (non-hydrogen) atoms. The Labute approximate surface area is 115 Å². The van der Waals surface area contributed by atoms with E-state index < -0.39 is 35.8 Å². The Kier molecular flexibility index (Phi) is 6.75. The lowest BCUT2D eigenvalue weighted by atomic mass is 10.2. The molecule has 0 amide bonds. The van der Waals surface area contributed by atoms with Crippen LogP contribution in [0.15, 0.2) is 0 Å². The molecule has 118 valence electrons. The molecule has 0 radical (unpaired) electrons. The molecule has 0 bridgehead atoms. The second-order valence-electron chi connectivity index (χ2n) is 3.27. The molecule has 0 aliphatic carbocycles. The van der Waals surface area contributed by atoms with Crippen LogP contribution in [0.5, 0.6) is 0 Å². The number of hydrogen-bond donors (Lipinski definition) is 2. The fourth-order valence-electron chi connectivity index (χ4n) is 0.783. The predicted molar refractivity (Wildman–Crippen MR) is 53.8 cm³/mol. The van der Waals surface area contributed by atoms with Crippen molar-refractivity contribution in [3.05, 3.63) is 0 Å². The van der Waals surface area contributed by atoms with Crippen LogP contribution in [0, 0.1) is 0 Å². The van der Waals surface area contributed by atoms with Crippen molar-refractivity contribution in [2.75, 3.05) is 0 Å². The van der Waals surface area contributed by atoms with Gasteiger partial charge in [-0.15, -0.1) is 0 Å². The molecule has 0 aromatic rings. The van der Waals surface area contributed by atoms with E-state index in [1.54, 1.807) is 0 Å². The zero-order valence-corrected chi connectivity index (χ0v) is 10.6. The molecule has 0 saturated heterocycles. The van der Waals surface area contributed by atoms with E-state index in [4.69, 9.17) is 5.11 Å². The molecule has 0 spiro atoms. The van der Waals surface area contributed by atoms with Gasteiger partial charge in [-0.25, -0.2) is 29.0 Å². The van der Waals surface area contributed by atoms with E-state index in [0.717, 1.165) is 13.8 Å². The molecule has 2 N–H and O–H groups in total. The van der Waals surface area contributed by atoms with Crippen molar-refractivity contribution in [2.24, 2.45) is 0 Å². The molecule has 0 saturated carbocycles. The number of aliphatic hydroxyl groups is 2. The molecule has 0 fully saturated rings. The van der Waals surface area contributed by atoms with Crippen molar-refractivity contribution < 1.29 is 58.5 Å². The molecular weight excluding hydrogens is 300 g/mol. The van der Waals surface area contributed by atoms with Crippen molar-refractivity contribution >= 4 is 30.3 Å². The highest BCUT2D eigenvalue weighted by Gasteiger charge is 2.48. The van der Waals surface area contributed by atoms with Crippen LogP contribution in [0.2, 0.25) is 0 Å². The Hall–Kier alpha value is -2.73. The minimum atomic E-state index is -3.17. The van der Waals surface area contributed by atoms with Gasteiger partial charge in [0.1, 0.15) is 6.10 Å². The summed E-state index contributed by atoms with van der Waals surface area (Å²) in [6, 6.07) is 0. The summed E-state index contributed by atoms with van der Waals surface area (Å²) in [5.41, 5.74) is 0. The summed E-state index contributed by atoms with van der Waals surface area (Å²) in [5, 5.41) is 18.7. The first-order valence-corrected chi connectivity index (χ1v) is 4.99. The monoisotopic (exact) mass is 310 g/mol. The van der Waals surface area contributed by atoms with Crippen molar-refractivity contribution in [2.45, 2.75) is 25.7 Å². The van der Waals surface area contributed by atoms with Crippen LogP contribution in [0.1, 0.15) is 13.8 Å². The topological polar surface area (TPSA) is 172 Å². The molecular formula is C9H10O12. The van der Waals surface area contributed by atoms with Gasteiger partial charge in [0.15, 0.2) is 0 Å². The van der Waals surface area contributed by atoms with Crippen molar-refractivity contribution in [1.82, 2.24) is 0 Å². The van der Waals surface area contributed by atoms with Gasteiger partial charge in [-0.05, 0) is 6.92 Å². The number of ether oxygens (including phenoxy) is 1. The minimum absolute atomic E-state index is 0.329. The largest absolute Gasteiger partial charge is 0.467 e. The summed E-state index contributed by atoms with van der Waals surface area (Å²) in [5.74, 6) is -10.1. The van der Waals surface area contributed by atoms with Gasteiger partial charge in [-0.1, -0.05) is 0 Å². The molecule has 0 aromatic heterocycles. The zero-order chi connectivity index (χ0) is 16.6. The Morgan fingerprint density at radius 2 is 1.62 bits per heavy atom. The van der Waals surface area contributed by atoms with E-state index in [0.29, 0.717) is 0 Å². The Balaban J connectivity index is 4.65. The summed E-state index contributed by atoms with van der Waals surface area (Å²) in [6.45, 7) is 1.34. The van der Waals surface area contributed by atoms with Crippen LogP contribution in [-0.2, 0) is 48.3 Å². The first-order chi connectivity index (χ1) is 9.65. The van der Waals surface area contributed by atoms with E-state index >= 15 is 0 Å². The maximum atomic E-state index is 11.4. The molecule has 0 rings (SSSR count). The summed E-state index contributed by atoms with van der Waals surface area (Å²) in [6.07, 6.45) is -1.96. The van der Waals surface area contributed by atoms with Gasteiger partial charge in [0.2, 0.25) is 0 Å². The van der Waals surface area contributed by atoms with Gasteiger partial charge in [0.05, 0.1) is 0 Å². The lowest BCUT2D eigenvalue weighted by Crippen LogP contribution is -2.52. The van der Waals surface area contributed by atoms with Gasteiger partial charge >= 0.3 is 36.1 Å². The number of rotatable bonds is 5. The molecule has 0 aromatic carbocycles. The quantitative estimate of drug-likeness (QED) is 0.134. The average molecular weight is 310 g/mol. The number of carbonyl (C=O) groups excluding carboxylic acids is 5. The third kappa shape index (κ3) is 5.42. The van der Waals surface area contributed by atoms with Crippen LogP contribution in [0.4, 0.5) is 0 Å². The van der Waals surface area contributed by atoms with E-state index in [9.17, 15) is 29.1 Å². The molecule has 0 heterocycles. The second kappa shape index (κ2) is 7.76.